The fourth-order valence-electron chi connectivity index (χ4n) is 2.52. The number of para-hydroxylation sites is 1. The summed E-state index contributed by atoms with van der Waals surface area (Å²) < 4.78 is 14.2. The van der Waals surface area contributed by atoms with Gasteiger partial charge in [0.25, 0.3) is 0 Å². The van der Waals surface area contributed by atoms with Crippen LogP contribution in [0.25, 0.3) is 31.9 Å². The molecule has 0 saturated heterocycles. The van der Waals surface area contributed by atoms with Gasteiger partial charge < -0.3 is 5.11 Å². The molecule has 4 aromatic rings. The van der Waals surface area contributed by atoms with E-state index in [9.17, 15) is 9.50 Å². The smallest absolute Gasteiger partial charge is 0.128 e. The largest absolute Gasteiger partial charge is 0.507 e. The summed E-state index contributed by atoms with van der Waals surface area (Å²) in [5.41, 5.74) is 3.41. The second-order valence-electron chi connectivity index (χ2n) is 5.23. The number of halogens is 1. The summed E-state index contributed by atoms with van der Waals surface area (Å²) in [4.78, 5) is 4.59. The summed E-state index contributed by atoms with van der Waals surface area (Å²) in [6.07, 6.45) is 0. The molecule has 3 aromatic carbocycles. The van der Waals surface area contributed by atoms with E-state index in [0.29, 0.717) is 5.56 Å². The van der Waals surface area contributed by atoms with Crippen molar-refractivity contribution in [1.82, 2.24) is 4.98 Å². The van der Waals surface area contributed by atoms with Gasteiger partial charge in [-0.2, -0.15) is 0 Å². The van der Waals surface area contributed by atoms with E-state index in [1.807, 2.05) is 36.4 Å². The number of phenolic OH excluding ortho intramolecular Hbond substituents is 1. The lowest BCUT2D eigenvalue weighted by Crippen LogP contribution is -1.83. The Morgan fingerprint density at radius 1 is 0.870 bits per heavy atom. The fourth-order valence-corrected chi connectivity index (χ4v) is 3.51. The molecule has 0 spiro atoms. The maximum atomic E-state index is 13.1. The molecule has 0 fully saturated rings. The Hall–Kier alpha value is -2.72. The van der Waals surface area contributed by atoms with Crippen molar-refractivity contribution in [2.45, 2.75) is 0 Å². The molecule has 112 valence electrons. The lowest BCUT2D eigenvalue weighted by Gasteiger charge is -2.06. The summed E-state index contributed by atoms with van der Waals surface area (Å²) in [6.45, 7) is 0. The van der Waals surface area contributed by atoms with Crippen molar-refractivity contribution >= 4 is 21.6 Å². The van der Waals surface area contributed by atoms with Crippen LogP contribution in [0.5, 0.6) is 5.75 Å². The first-order valence-corrected chi connectivity index (χ1v) is 7.97. The van der Waals surface area contributed by atoms with Gasteiger partial charge in [0.05, 0.1) is 15.8 Å². The first-order chi connectivity index (χ1) is 11.2. The molecule has 4 rings (SSSR count). The molecule has 0 aliphatic carbocycles. The van der Waals surface area contributed by atoms with E-state index in [1.54, 1.807) is 18.2 Å². The van der Waals surface area contributed by atoms with Crippen LogP contribution in [-0.4, -0.2) is 10.1 Å². The van der Waals surface area contributed by atoms with Crippen LogP contribution in [0.4, 0.5) is 4.39 Å². The van der Waals surface area contributed by atoms with Gasteiger partial charge in [-0.25, -0.2) is 9.37 Å². The number of aromatic hydroxyl groups is 1. The molecule has 0 bridgehead atoms. The number of aromatic nitrogens is 1. The van der Waals surface area contributed by atoms with E-state index < -0.39 is 0 Å². The lowest BCUT2D eigenvalue weighted by molar-refractivity contribution is 0.477. The Morgan fingerprint density at radius 2 is 1.61 bits per heavy atom. The standard InChI is InChI=1S/C19H12FNOS/c20-14-8-5-12(6-9-14)13-7-10-17(22)15(11-13)19-21-16-3-1-2-4-18(16)23-19/h1-11,22H. The zero-order chi connectivity index (χ0) is 15.8. The zero-order valence-electron chi connectivity index (χ0n) is 12.0. The second kappa shape index (κ2) is 5.48. The predicted molar refractivity (Wildman–Crippen MR) is 92.1 cm³/mol. The van der Waals surface area contributed by atoms with Crippen LogP contribution in [-0.2, 0) is 0 Å². The Bertz CT molecular complexity index is 959. The monoisotopic (exact) mass is 321 g/mol. The minimum atomic E-state index is -0.265. The molecule has 0 aliphatic heterocycles. The predicted octanol–water partition coefficient (Wildman–Crippen LogP) is 5.48. The van der Waals surface area contributed by atoms with Gasteiger partial charge >= 0.3 is 0 Å². The molecule has 0 aliphatic rings. The summed E-state index contributed by atoms with van der Waals surface area (Å²) in [5, 5.41) is 11.0. The number of phenols is 1. The Balaban J connectivity index is 1.84. The number of thiazole rings is 1. The maximum absolute atomic E-state index is 13.1. The van der Waals surface area contributed by atoms with Crippen LogP contribution in [0.15, 0.2) is 66.7 Å². The second-order valence-corrected chi connectivity index (χ2v) is 6.26. The molecule has 1 heterocycles. The number of hydrogen-bond donors (Lipinski definition) is 1. The number of rotatable bonds is 2. The summed E-state index contributed by atoms with van der Waals surface area (Å²) in [5.74, 6) is -0.0751. The third-order valence-electron chi connectivity index (χ3n) is 3.70. The number of benzene rings is 3. The minimum Gasteiger partial charge on any atom is -0.507 e. The Kier molecular flexibility index (Phi) is 3.32. The van der Waals surface area contributed by atoms with E-state index in [4.69, 9.17) is 0 Å². The van der Waals surface area contributed by atoms with Gasteiger partial charge in [0, 0.05) is 0 Å². The quantitative estimate of drug-likeness (QED) is 0.530. The third-order valence-corrected chi connectivity index (χ3v) is 4.77. The van der Waals surface area contributed by atoms with E-state index >= 15 is 0 Å². The summed E-state index contributed by atoms with van der Waals surface area (Å²) >= 11 is 1.54. The van der Waals surface area contributed by atoms with Crippen molar-refractivity contribution in [2.75, 3.05) is 0 Å². The first kappa shape index (κ1) is 13.9. The lowest BCUT2D eigenvalue weighted by atomic mass is 10.0. The topological polar surface area (TPSA) is 33.1 Å². The molecular formula is C19H12FNOS. The first-order valence-electron chi connectivity index (χ1n) is 7.15. The Labute approximate surface area is 136 Å². The van der Waals surface area contributed by atoms with Crippen molar-refractivity contribution in [1.29, 1.82) is 0 Å². The van der Waals surface area contributed by atoms with Gasteiger partial charge in [-0.1, -0.05) is 30.3 Å². The van der Waals surface area contributed by atoms with Gasteiger partial charge in [0.2, 0.25) is 0 Å². The average molecular weight is 321 g/mol. The molecule has 4 heteroatoms. The Morgan fingerprint density at radius 3 is 2.39 bits per heavy atom. The van der Waals surface area contributed by atoms with Crippen molar-refractivity contribution in [3.63, 3.8) is 0 Å². The van der Waals surface area contributed by atoms with Gasteiger partial charge in [-0.3, -0.25) is 0 Å². The van der Waals surface area contributed by atoms with E-state index in [0.717, 1.165) is 26.4 Å². The van der Waals surface area contributed by atoms with Crippen LogP contribution >= 0.6 is 11.3 Å². The normalized spacial score (nSPS) is 11.0. The van der Waals surface area contributed by atoms with Crippen LogP contribution in [0.3, 0.4) is 0 Å². The van der Waals surface area contributed by atoms with Crippen molar-refractivity contribution in [3.8, 4) is 27.4 Å². The molecule has 0 atom stereocenters. The molecule has 1 N–H and O–H groups in total. The van der Waals surface area contributed by atoms with Crippen molar-refractivity contribution in [3.05, 3.63) is 72.5 Å². The van der Waals surface area contributed by atoms with Crippen LogP contribution in [0, 0.1) is 5.82 Å². The van der Waals surface area contributed by atoms with Crippen LogP contribution < -0.4 is 0 Å². The minimum absolute atomic E-state index is 0.190. The summed E-state index contributed by atoms with van der Waals surface area (Å²) in [6, 6.07) is 19.6. The van der Waals surface area contributed by atoms with Crippen LogP contribution in [0.2, 0.25) is 0 Å². The fraction of sp³-hybridized carbons (Fsp3) is 0. The molecular weight excluding hydrogens is 309 g/mol. The number of nitrogens with zero attached hydrogens (tertiary/aromatic N) is 1. The van der Waals surface area contributed by atoms with Crippen molar-refractivity contribution < 1.29 is 9.50 Å². The van der Waals surface area contributed by atoms with E-state index in [2.05, 4.69) is 4.98 Å². The highest BCUT2D eigenvalue weighted by molar-refractivity contribution is 7.21. The van der Waals surface area contributed by atoms with Gasteiger partial charge in [-0.05, 0) is 47.5 Å². The van der Waals surface area contributed by atoms with E-state index in [-0.39, 0.29) is 11.6 Å². The van der Waals surface area contributed by atoms with E-state index in [1.165, 1.54) is 23.5 Å². The summed E-state index contributed by atoms with van der Waals surface area (Å²) in [7, 11) is 0. The molecule has 23 heavy (non-hydrogen) atoms. The molecule has 0 saturated carbocycles. The van der Waals surface area contributed by atoms with Crippen molar-refractivity contribution in [2.24, 2.45) is 0 Å². The SMILES string of the molecule is Oc1ccc(-c2ccc(F)cc2)cc1-c1nc2ccccc2s1. The highest BCUT2D eigenvalue weighted by Gasteiger charge is 2.12. The highest BCUT2D eigenvalue weighted by Crippen LogP contribution is 2.37. The van der Waals surface area contributed by atoms with Gasteiger partial charge in [0.1, 0.15) is 16.6 Å². The van der Waals surface area contributed by atoms with Gasteiger partial charge in [0.15, 0.2) is 0 Å². The maximum Gasteiger partial charge on any atom is 0.128 e. The zero-order valence-corrected chi connectivity index (χ0v) is 12.8. The molecule has 1 aromatic heterocycles. The van der Waals surface area contributed by atoms with Gasteiger partial charge in [-0.15, -0.1) is 11.3 Å². The molecule has 0 amide bonds. The number of hydrogen-bond acceptors (Lipinski definition) is 3. The molecule has 0 unspecified atom stereocenters. The highest BCUT2D eigenvalue weighted by atomic mass is 32.1. The number of fused-ring (bicyclic) bond motifs is 1. The van der Waals surface area contributed by atoms with Crippen LogP contribution in [0.1, 0.15) is 0 Å². The average Bonchev–Trinajstić information content (AvgIpc) is 3.00. The molecule has 0 radical (unpaired) electrons. The molecule has 2 nitrogen and oxygen atoms in total. The third kappa shape index (κ3) is 2.58.